The van der Waals surface area contributed by atoms with Crippen LogP contribution in [0, 0.1) is 41.4 Å². The van der Waals surface area contributed by atoms with Crippen LogP contribution in [-0.4, -0.2) is 5.78 Å². The van der Waals surface area contributed by atoms with Crippen LogP contribution in [0.1, 0.15) is 84.0 Å². The number of allylic oxidation sites excluding steroid dienone is 9. The molecule has 0 heterocycles. The van der Waals surface area contributed by atoms with Crippen molar-refractivity contribution in [2.24, 2.45) is 41.4 Å². The summed E-state index contributed by atoms with van der Waals surface area (Å²) in [5.74, 6) is 5.05. The lowest BCUT2D eigenvalue weighted by molar-refractivity contribution is -0.118. The average molecular weight is 429 g/mol. The van der Waals surface area contributed by atoms with Gasteiger partial charge in [0.15, 0.2) is 5.78 Å². The largest absolute Gasteiger partial charge is 0.294 e. The number of rotatable bonds is 4. The topological polar surface area (TPSA) is 17.1 Å². The molecule has 7 unspecified atom stereocenters. The number of hydrogen-bond acceptors (Lipinski definition) is 1. The van der Waals surface area contributed by atoms with Crippen molar-refractivity contribution in [3.05, 3.63) is 58.7 Å². The van der Waals surface area contributed by atoms with Crippen LogP contribution in [-0.2, 0) is 4.79 Å². The quantitative estimate of drug-likeness (QED) is 0.444. The van der Waals surface area contributed by atoms with Crippen LogP contribution in [0.15, 0.2) is 58.7 Å². The van der Waals surface area contributed by atoms with Crippen LogP contribution in [0.3, 0.4) is 0 Å². The lowest BCUT2D eigenvalue weighted by Crippen LogP contribution is -2.34. The Morgan fingerprint density at radius 3 is 2.00 bits per heavy atom. The van der Waals surface area contributed by atoms with Crippen LogP contribution < -0.4 is 0 Å². The summed E-state index contributed by atoms with van der Waals surface area (Å²) in [4.78, 5) is 13.0. The maximum absolute atomic E-state index is 13.0. The van der Waals surface area contributed by atoms with E-state index in [9.17, 15) is 4.79 Å². The minimum atomic E-state index is 0.217. The van der Waals surface area contributed by atoms with E-state index in [2.05, 4.69) is 31.7 Å². The molecule has 7 atom stereocenters. The van der Waals surface area contributed by atoms with Gasteiger partial charge >= 0.3 is 0 Å². The van der Waals surface area contributed by atoms with Gasteiger partial charge in [-0.1, -0.05) is 68.6 Å². The van der Waals surface area contributed by atoms with Gasteiger partial charge in [0, 0.05) is 11.8 Å². The Morgan fingerprint density at radius 1 is 0.781 bits per heavy atom. The summed E-state index contributed by atoms with van der Waals surface area (Å²) in [6.07, 6.45) is 25.1. The van der Waals surface area contributed by atoms with Gasteiger partial charge in [0.25, 0.3) is 0 Å². The van der Waals surface area contributed by atoms with Crippen molar-refractivity contribution >= 4 is 5.78 Å². The molecule has 170 valence electrons. The highest BCUT2D eigenvalue weighted by Crippen LogP contribution is 2.51. The van der Waals surface area contributed by atoms with Crippen molar-refractivity contribution < 1.29 is 4.79 Å². The normalized spacial score (nSPS) is 39.2. The molecule has 6 rings (SSSR count). The molecule has 6 aliphatic carbocycles. The van der Waals surface area contributed by atoms with E-state index in [1.54, 1.807) is 5.57 Å². The Hall–Kier alpha value is -1.63. The van der Waals surface area contributed by atoms with Gasteiger partial charge in [-0.2, -0.15) is 0 Å². The maximum Gasteiger partial charge on any atom is 0.163 e. The van der Waals surface area contributed by atoms with Gasteiger partial charge in [-0.15, -0.1) is 0 Å². The third-order valence-corrected chi connectivity index (χ3v) is 9.81. The molecule has 1 nitrogen and oxygen atoms in total. The first-order chi connectivity index (χ1) is 15.5. The zero-order valence-electron chi connectivity index (χ0n) is 20.0. The number of ketones is 1. The molecule has 4 saturated carbocycles. The molecule has 0 spiro atoms. The van der Waals surface area contributed by atoms with Gasteiger partial charge in [-0.3, -0.25) is 4.79 Å². The van der Waals surface area contributed by atoms with E-state index < -0.39 is 0 Å². The van der Waals surface area contributed by atoms with E-state index >= 15 is 0 Å². The Balaban J connectivity index is 1.15. The monoisotopic (exact) mass is 428 g/mol. The highest BCUT2D eigenvalue weighted by molar-refractivity contribution is 5.96. The molecule has 32 heavy (non-hydrogen) atoms. The smallest absolute Gasteiger partial charge is 0.163 e. The number of carbonyl (C=O) groups excluding carboxylic acids is 1. The Kier molecular flexibility index (Phi) is 5.43. The minimum Gasteiger partial charge on any atom is -0.294 e. The van der Waals surface area contributed by atoms with Crippen LogP contribution in [0.25, 0.3) is 0 Å². The summed E-state index contributed by atoms with van der Waals surface area (Å²) in [5.41, 5.74) is 7.36. The molecule has 0 aromatic rings. The van der Waals surface area contributed by atoms with E-state index in [1.807, 2.05) is 6.08 Å². The first-order valence-corrected chi connectivity index (χ1v) is 13.6. The molecular formula is C31H40O. The zero-order valence-corrected chi connectivity index (χ0v) is 20.0. The van der Waals surface area contributed by atoms with Crippen LogP contribution in [0.2, 0.25) is 0 Å². The lowest BCUT2D eigenvalue weighted by atomic mass is 9.61. The van der Waals surface area contributed by atoms with Crippen LogP contribution >= 0.6 is 0 Å². The van der Waals surface area contributed by atoms with Gasteiger partial charge in [0.05, 0.1) is 0 Å². The molecule has 6 aliphatic rings. The molecule has 0 saturated heterocycles. The van der Waals surface area contributed by atoms with Crippen molar-refractivity contribution in [3.63, 3.8) is 0 Å². The van der Waals surface area contributed by atoms with Gasteiger partial charge in [0.2, 0.25) is 0 Å². The third-order valence-electron chi connectivity index (χ3n) is 9.81. The summed E-state index contributed by atoms with van der Waals surface area (Å²) in [6.45, 7) is 6.87. The molecule has 4 bridgehead atoms. The van der Waals surface area contributed by atoms with Crippen molar-refractivity contribution in [3.8, 4) is 0 Å². The van der Waals surface area contributed by atoms with Gasteiger partial charge in [0.1, 0.15) is 0 Å². The highest BCUT2D eigenvalue weighted by Gasteiger charge is 2.40. The zero-order chi connectivity index (χ0) is 21.8. The maximum atomic E-state index is 13.0. The second kappa shape index (κ2) is 8.30. The van der Waals surface area contributed by atoms with Gasteiger partial charge < -0.3 is 0 Å². The standard InChI is InChI=1S/C31H40O/c1-19(9-23-11-20(2)27-14-21-5-3-7-25(12-21)28(27)16-23)10-24-17-29-26-8-4-6-22(13-26)15-30(29)31(32)18-24/h11,16-19,21-22,25-27,30H,2-10,12-15H2,1H3. The Bertz CT molecular complexity index is 864. The summed E-state index contributed by atoms with van der Waals surface area (Å²) in [7, 11) is 0. The van der Waals surface area contributed by atoms with E-state index in [-0.39, 0.29) is 5.92 Å². The molecule has 1 heteroatoms. The first-order valence-electron chi connectivity index (χ1n) is 13.6. The number of fused-ring (bicyclic) bond motifs is 8. The molecule has 0 aromatic carbocycles. The second-order valence-electron chi connectivity index (χ2n) is 12.3. The fraction of sp³-hybridized carbons (Fsp3) is 0.645. The fourth-order valence-corrected chi connectivity index (χ4v) is 8.45. The average Bonchev–Trinajstić information content (AvgIpc) is 2.76. The summed E-state index contributed by atoms with van der Waals surface area (Å²) in [6, 6.07) is 0. The van der Waals surface area contributed by atoms with E-state index in [4.69, 9.17) is 0 Å². The molecular weight excluding hydrogens is 388 g/mol. The third kappa shape index (κ3) is 3.84. The van der Waals surface area contributed by atoms with Crippen LogP contribution in [0.4, 0.5) is 0 Å². The predicted octanol–water partition coefficient (Wildman–Crippen LogP) is 7.91. The summed E-state index contributed by atoms with van der Waals surface area (Å²) in [5, 5.41) is 0. The van der Waals surface area contributed by atoms with Crippen molar-refractivity contribution in [1.29, 1.82) is 0 Å². The van der Waals surface area contributed by atoms with Crippen molar-refractivity contribution in [2.45, 2.75) is 84.0 Å². The number of carbonyl (C=O) groups is 1. The Morgan fingerprint density at radius 2 is 1.34 bits per heavy atom. The minimum absolute atomic E-state index is 0.217. The van der Waals surface area contributed by atoms with E-state index in [0.717, 1.165) is 37.0 Å². The molecule has 4 fully saturated rings. The number of hydrogen-bond donors (Lipinski definition) is 0. The predicted molar refractivity (Wildman–Crippen MR) is 132 cm³/mol. The Labute approximate surface area is 194 Å². The fourth-order valence-electron chi connectivity index (χ4n) is 8.45. The van der Waals surface area contributed by atoms with E-state index in [1.165, 1.54) is 80.1 Å². The molecule has 0 N–H and O–H groups in total. The van der Waals surface area contributed by atoms with E-state index in [0.29, 0.717) is 23.5 Å². The van der Waals surface area contributed by atoms with Crippen molar-refractivity contribution in [2.75, 3.05) is 0 Å². The lowest BCUT2D eigenvalue weighted by Gasteiger charge is -2.43. The highest BCUT2D eigenvalue weighted by atomic mass is 16.1. The summed E-state index contributed by atoms with van der Waals surface area (Å²) < 4.78 is 0. The summed E-state index contributed by atoms with van der Waals surface area (Å²) >= 11 is 0. The van der Waals surface area contributed by atoms with Gasteiger partial charge in [-0.25, -0.2) is 0 Å². The van der Waals surface area contributed by atoms with Crippen molar-refractivity contribution in [1.82, 2.24) is 0 Å². The second-order valence-corrected chi connectivity index (χ2v) is 12.3. The van der Waals surface area contributed by atoms with Gasteiger partial charge in [-0.05, 0) is 104 Å². The molecule has 0 aliphatic heterocycles. The first kappa shape index (κ1) is 20.9. The van der Waals surface area contributed by atoms with Crippen LogP contribution in [0.5, 0.6) is 0 Å². The molecule has 0 amide bonds. The molecule has 0 aromatic heterocycles. The molecule has 0 radical (unpaired) electrons. The SMILES string of the molecule is C=C1C=C(CC(C)CC2=CC(=O)C3CC4CCCC(C4)C3=C2)C=C2C3CCCC(C3)CC12.